The molecule has 0 aliphatic rings. The first-order valence-electron chi connectivity index (χ1n) is 3.64. The molecule has 0 unspecified atom stereocenters. The minimum absolute atomic E-state index is 0.0941. The first-order valence-corrected chi connectivity index (χ1v) is 9.88. The van der Waals surface area contributed by atoms with Gasteiger partial charge in [0, 0.05) is 9.76 Å². The van der Waals surface area contributed by atoms with Crippen LogP contribution in [-0.4, -0.2) is 24.6 Å². The van der Waals surface area contributed by atoms with Gasteiger partial charge in [0.1, 0.15) is 9.28 Å². The van der Waals surface area contributed by atoms with Crippen LogP contribution in [0.1, 0.15) is 27.7 Å². The second-order valence-corrected chi connectivity index (χ2v) is 5.79. The summed E-state index contributed by atoms with van der Waals surface area (Å²) in [5.41, 5.74) is 0.147. The van der Waals surface area contributed by atoms with Crippen molar-refractivity contribution in [2.24, 2.45) is 5.92 Å². The van der Waals surface area contributed by atoms with Gasteiger partial charge in [-0.05, 0) is 19.8 Å². The summed E-state index contributed by atoms with van der Waals surface area (Å²) in [5, 5.41) is 0. The highest BCUT2D eigenvalue weighted by Crippen LogP contribution is 2.18. The standard InChI is InChI=1S/C6H18OSi2/c1-5(2)6(3,4)7-9-8/h5H,9H2,1-4,8H3. The molecule has 0 atom stereocenters. The van der Waals surface area contributed by atoms with Gasteiger partial charge in [0.25, 0.3) is 0 Å². The molecule has 0 aromatic carbocycles. The minimum atomic E-state index is -0.0941. The van der Waals surface area contributed by atoms with E-state index in [2.05, 4.69) is 27.7 Å². The molecule has 56 valence electrons. The minimum Gasteiger partial charge on any atom is -0.423 e. The maximum Gasteiger partial charge on any atom is 0.140 e. The lowest BCUT2D eigenvalue weighted by Crippen LogP contribution is -2.32. The summed E-state index contributed by atoms with van der Waals surface area (Å²) >= 11 is 0. The third kappa shape index (κ3) is 3.18. The number of hydrogen-bond donors (Lipinski definition) is 0. The third-order valence-corrected chi connectivity index (χ3v) is 3.81. The van der Waals surface area contributed by atoms with Crippen LogP contribution in [0.25, 0.3) is 0 Å². The van der Waals surface area contributed by atoms with E-state index in [9.17, 15) is 0 Å². The quantitative estimate of drug-likeness (QED) is 0.522. The van der Waals surface area contributed by atoms with Crippen molar-refractivity contribution in [3.05, 3.63) is 0 Å². The SMILES string of the molecule is CC(C)C(C)(C)O[SiH2][SiH3]. The molecule has 0 aromatic rings. The molecule has 9 heavy (non-hydrogen) atoms. The van der Waals surface area contributed by atoms with Gasteiger partial charge in [-0.15, -0.1) is 0 Å². The molecule has 0 aliphatic carbocycles. The summed E-state index contributed by atoms with van der Waals surface area (Å²) in [5.74, 6) is 0.652. The Hall–Kier alpha value is 0.394. The van der Waals surface area contributed by atoms with E-state index in [0.717, 1.165) is 0 Å². The molecule has 0 amide bonds. The van der Waals surface area contributed by atoms with E-state index >= 15 is 0 Å². The Morgan fingerprint density at radius 3 is 2.00 bits per heavy atom. The van der Waals surface area contributed by atoms with E-state index in [1.165, 1.54) is 9.76 Å². The van der Waals surface area contributed by atoms with Crippen LogP contribution in [0.5, 0.6) is 0 Å². The fourth-order valence-electron chi connectivity index (χ4n) is 0.539. The average Bonchev–Trinajstić information content (AvgIpc) is 1.65. The van der Waals surface area contributed by atoms with Crippen molar-refractivity contribution in [2.45, 2.75) is 33.3 Å². The Morgan fingerprint density at radius 2 is 1.89 bits per heavy atom. The van der Waals surface area contributed by atoms with E-state index in [1.807, 2.05) is 0 Å². The molecule has 0 aromatic heterocycles. The van der Waals surface area contributed by atoms with E-state index in [1.54, 1.807) is 0 Å². The molecule has 0 radical (unpaired) electrons. The van der Waals surface area contributed by atoms with Crippen molar-refractivity contribution in [1.82, 2.24) is 0 Å². The molecule has 0 aliphatic heterocycles. The molecule has 0 fully saturated rings. The Balaban J connectivity index is 3.70. The van der Waals surface area contributed by atoms with Gasteiger partial charge in [0.2, 0.25) is 0 Å². The van der Waals surface area contributed by atoms with Crippen LogP contribution in [-0.2, 0) is 4.43 Å². The van der Waals surface area contributed by atoms with Crippen molar-refractivity contribution in [2.75, 3.05) is 0 Å². The lowest BCUT2D eigenvalue weighted by atomic mass is 9.95. The highest BCUT2D eigenvalue weighted by Gasteiger charge is 2.20. The fraction of sp³-hybridized carbons (Fsp3) is 1.00. The van der Waals surface area contributed by atoms with E-state index < -0.39 is 0 Å². The van der Waals surface area contributed by atoms with Gasteiger partial charge >= 0.3 is 0 Å². The summed E-state index contributed by atoms with van der Waals surface area (Å²) in [6, 6.07) is 0. The van der Waals surface area contributed by atoms with Crippen molar-refractivity contribution in [3.8, 4) is 0 Å². The smallest absolute Gasteiger partial charge is 0.140 e. The maximum absolute atomic E-state index is 5.69. The van der Waals surface area contributed by atoms with Crippen LogP contribution >= 0.6 is 0 Å². The zero-order valence-corrected chi connectivity index (χ0v) is 10.6. The van der Waals surface area contributed by atoms with Gasteiger partial charge in [-0.2, -0.15) is 0 Å². The third-order valence-electron chi connectivity index (χ3n) is 1.91. The van der Waals surface area contributed by atoms with Gasteiger partial charge in [-0.25, -0.2) is 0 Å². The molecule has 0 bridgehead atoms. The van der Waals surface area contributed by atoms with Crippen LogP contribution in [0.4, 0.5) is 0 Å². The van der Waals surface area contributed by atoms with Crippen molar-refractivity contribution >= 4 is 19.0 Å². The van der Waals surface area contributed by atoms with Gasteiger partial charge in [0.05, 0.1) is 5.60 Å². The van der Waals surface area contributed by atoms with Crippen LogP contribution in [0, 0.1) is 5.92 Å². The zero-order valence-electron chi connectivity index (χ0n) is 7.19. The summed E-state index contributed by atoms with van der Waals surface area (Å²) in [6.07, 6.45) is 0. The van der Waals surface area contributed by atoms with Gasteiger partial charge in [-0.1, -0.05) is 13.8 Å². The molecule has 0 N–H and O–H groups in total. The molecule has 0 saturated heterocycles. The summed E-state index contributed by atoms with van der Waals surface area (Å²) in [7, 11) is 1.19. The average molecular weight is 162 g/mol. The first-order chi connectivity index (χ1) is 4.00. The van der Waals surface area contributed by atoms with Crippen molar-refractivity contribution in [3.63, 3.8) is 0 Å². The van der Waals surface area contributed by atoms with Crippen molar-refractivity contribution < 1.29 is 4.43 Å². The zero-order chi connectivity index (χ0) is 7.49. The lowest BCUT2D eigenvalue weighted by Gasteiger charge is -2.29. The Morgan fingerprint density at radius 1 is 1.44 bits per heavy atom. The van der Waals surface area contributed by atoms with E-state index in [-0.39, 0.29) is 14.9 Å². The molecule has 1 nitrogen and oxygen atoms in total. The second kappa shape index (κ2) is 3.53. The van der Waals surface area contributed by atoms with Crippen LogP contribution in [0.2, 0.25) is 0 Å². The molecule has 3 heteroatoms. The Labute approximate surface area is 63.3 Å². The normalized spacial score (nSPS) is 14.3. The fourth-order valence-corrected chi connectivity index (χ4v) is 3.85. The monoisotopic (exact) mass is 162 g/mol. The van der Waals surface area contributed by atoms with Crippen LogP contribution in [0.3, 0.4) is 0 Å². The van der Waals surface area contributed by atoms with Crippen LogP contribution < -0.4 is 0 Å². The number of rotatable bonds is 3. The second-order valence-electron chi connectivity index (χ2n) is 3.19. The van der Waals surface area contributed by atoms with E-state index in [4.69, 9.17) is 4.43 Å². The van der Waals surface area contributed by atoms with Crippen molar-refractivity contribution in [1.29, 1.82) is 0 Å². The van der Waals surface area contributed by atoms with Gasteiger partial charge in [-0.3, -0.25) is 0 Å². The van der Waals surface area contributed by atoms with Crippen LogP contribution in [0.15, 0.2) is 0 Å². The predicted molar refractivity (Wildman–Crippen MR) is 48.5 cm³/mol. The molecular formula is C6H18OSi2. The molecule has 0 heterocycles. The summed E-state index contributed by atoms with van der Waals surface area (Å²) in [4.78, 5) is 0. The number of hydrogen-bond acceptors (Lipinski definition) is 1. The largest absolute Gasteiger partial charge is 0.423 e. The highest BCUT2D eigenvalue weighted by atomic mass is 29.1. The summed E-state index contributed by atoms with van der Waals surface area (Å²) < 4.78 is 5.69. The predicted octanol–water partition coefficient (Wildman–Crippen LogP) is -0.198. The van der Waals surface area contributed by atoms with Gasteiger partial charge < -0.3 is 4.43 Å². The Kier molecular flexibility index (Phi) is 3.69. The molecule has 0 spiro atoms. The Bertz CT molecular complexity index is 81.1. The summed E-state index contributed by atoms with van der Waals surface area (Å²) in [6.45, 7) is 8.79. The first kappa shape index (κ1) is 9.39. The van der Waals surface area contributed by atoms with E-state index in [0.29, 0.717) is 5.92 Å². The maximum atomic E-state index is 5.69. The molecular weight excluding hydrogens is 144 g/mol. The van der Waals surface area contributed by atoms with Gasteiger partial charge in [0.15, 0.2) is 0 Å². The lowest BCUT2D eigenvalue weighted by molar-refractivity contribution is 0.0683. The molecule has 0 saturated carbocycles. The highest BCUT2D eigenvalue weighted by molar-refractivity contribution is 6.85. The topological polar surface area (TPSA) is 9.23 Å². The molecule has 0 rings (SSSR count).